The van der Waals surface area contributed by atoms with E-state index in [-0.39, 0.29) is 41.2 Å². The fourth-order valence-electron chi connectivity index (χ4n) is 4.48. The Morgan fingerprint density at radius 3 is 2.68 bits per heavy atom. The van der Waals surface area contributed by atoms with Crippen LogP contribution < -0.4 is 10.5 Å². The van der Waals surface area contributed by atoms with E-state index in [0.717, 1.165) is 16.4 Å². The molecule has 5 rings (SSSR count). The maximum Gasteiger partial charge on any atom is 0.264 e. The van der Waals surface area contributed by atoms with Gasteiger partial charge in [-0.3, -0.25) is 0 Å². The summed E-state index contributed by atoms with van der Waals surface area (Å²) in [6.07, 6.45) is 4.17. The fraction of sp³-hybridized carbons (Fsp3) is 0.348. The van der Waals surface area contributed by atoms with Crippen molar-refractivity contribution in [3.63, 3.8) is 0 Å². The lowest BCUT2D eigenvalue weighted by Gasteiger charge is -2.42. The van der Waals surface area contributed by atoms with E-state index >= 15 is 8.78 Å². The van der Waals surface area contributed by atoms with Gasteiger partial charge in [-0.2, -0.15) is 4.98 Å². The van der Waals surface area contributed by atoms with E-state index < -0.39 is 32.0 Å². The first-order valence-corrected chi connectivity index (χ1v) is 12.7. The van der Waals surface area contributed by atoms with Crippen molar-refractivity contribution in [3.05, 3.63) is 64.9 Å². The van der Waals surface area contributed by atoms with Crippen LogP contribution in [-0.4, -0.2) is 50.6 Å². The average Bonchev–Trinajstić information content (AvgIpc) is 3.60. The molecule has 1 aromatic carbocycles. The molecule has 1 aliphatic carbocycles. The van der Waals surface area contributed by atoms with E-state index in [4.69, 9.17) is 15.0 Å². The Morgan fingerprint density at radius 1 is 1.30 bits per heavy atom. The first-order chi connectivity index (χ1) is 17.5. The standard InChI is InChI=1S/C23H23F2N7O4S/c1-13-29-20(36-31-13)12-35-19-11-27-18(10-28-19)17(25)9-14-4-5-16(24)15(8-14)22(2)23(6-7-23)37(33,34)32(3)21(26)30-22/h4-5,8-11H,6-7,12H2,1-3H3,(H2,26,30). The Morgan fingerprint density at radius 2 is 2.05 bits per heavy atom. The number of benzene rings is 1. The third kappa shape index (κ3) is 4.00. The van der Waals surface area contributed by atoms with Gasteiger partial charge >= 0.3 is 0 Å². The summed E-state index contributed by atoms with van der Waals surface area (Å²) in [6.45, 7) is 3.19. The number of nitrogens with zero attached hydrogens (tertiary/aromatic N) is 6. The Balaban J connectivity index is 1.41. The maximum atomic E-state index is 15.1. The van der Waals surface area contributed by atoms with Gasteiger partial charge in [-0.1, -0.05) is 11.2 Å². The summed E-state index contributed by atoms with van der Waals surface area (Å²) in [5, 5.41) is 3.65. The Kier molecular flexibility index (Phi) is 5.73. The van der Waals surface area contributed by atoms with Crippen LogP contribution in [0.15, 0.2) is 40.1 Å². The Hall–Kier alpha value is -3.94. The molecule has 1 unspecified atom stereocenters. The van der Waals surface area contributed by atoms with Crippen LogP contribution in [0.4, 0.5) is 8.78 Å². The van der Waals surface area contributed by atoms with Crippen molar-refractivity contribution in [3.8, 4) is 5.88 Å². The molecule has 37 heavy (non-hydrogen) atoms. The summed E-state index contributed by atoms with van der Waals surface area (Å²) < 4.78 is 66.3. The molecule has 1 aliphatic heterocycles. The van der Waals surface area contributed by atoms with Crippen molar-refractivity contribution in [2.45, 2.75) is 43.6 Å². The van der Waals surface area contributed by atoms with E-state index in [1.54, 1.807) is 13.8 Å². The number of aryl methyl sites for hydroxylation is 1. The van der Waals surface area contributed by atoms with Crippen molar-refractivity contribution in [1.82, 2.24) is 24.4 Å². The van der Waals surface area contributed by atoms with Crippen molar-refractivity contribution < 1.29 is 26.5 Å². The fourth-order valence-corrected chi connectivity index (χ4v) is 6.56. The number of nitrogens with two attached hydrogens (primary N) is 1. The van der Waals surface area contributed by atoms with Gasteiger partial charge in [0.05, 0.1) is 12.4 Å². The monoisotopic (exact) mass is 531 g/mol. The zero-order valence-electron chi connectivity index (χ0n) is 20.1. The summed E-state index contributed by atoms with van der Waals surface area (Å²) in [5.41, 5.74) is 4.62. The van der Waals surface area contributed by atoms with Crippen molar-refractivity contribution >= 4 is 27.9 Å². The van der Waals surface area contributed by atoms with Gasteiger partial charge in [-0.05, 0) is 50.5 Å². The molecule has 1 saturated carbocycles. The van der Waals surface area contributed by atoms with Crippen LogP contribution in [0.3, 0.4) is 0 Å². The molecule has 2 aromatic heterocycles. The minimum absolute atomic E-state index is 0.0114. The summed E-state index contributed by atoms with van der Waals surface area (Å²) >= 11 is 0. The van der Waals surface area contributed by atoms with Gasteiger partial charge in [0, 0.05) is 12.6 Å². The number of hydrogen-bond donors (Lipinski definition) is 1. The highest BCUT2D eigenvalue weighted by Gasteiger charge is 2.70. The lowest BCUT2D eigenvalue weighted by molar-refractivity contribution is 0.234. The van der Waals surface area contributed by atoms with Gasteiger partial charge in [-0.25, -0.2) is 36.5 Å². The first-order valence-electron chi connectivity index (χ1n) is 11.2. The third-order valence-corrected chi connectivity index (χ3v) is 9.40. The van der Waals surface area contributed by atoms with E-state index in [0.29, 0.717) is 18.7 Å². The normalized spacial score (nSPS) is 22.1. The van der Waals surface area contributed by atoms with Gasteiger partial charge in [0.15, 0.2) is 18.3 Å². The first kappa shape index (κ1) is 24.7. The van der Waals surface area contributed by atoms with E-state index in [2.05, 4.69) is 25.1 Å². The zero-order chi connectivity index (χ0) is 26.6. The molecule has 14 heteroatoms. The van der Waals surface area contributed by atoms with Gasteiger partial charge in [0.2, 0.25) is 21.9 Å². The number of sulfonamides is 1. The van der Waals surface area contributed by atoms with Gasteiger partial charge in [-0.15, -0.1) is 0 Å². The van der Waals surface area contributed by atoms with E-state index in [9.17, 15) is 8.42 Å². The average molecular weight is 532 g/mol. The highest BCUT2D eigenvalue weighted by Crippen LogP contribution is 2.60. The molecule has 2 N–H and O–H groups in total. The number of aliphatic imine (C=N–C) groups is 1. The summed E-state index contributed by atoms with van der Waals surface area (Å²) in [7, 11) is -2.56. The molecule has 0 saturated heterocycles. The summed E-state index contributed by atoms with van der Waals surface area (Å²) in [4.78, 5) is 16.4. The van der Waals surface area contributed by atoms with Gasteiger partial charge < -0.3 is 15.0 Å². The van der Waals surface area contributed by atoms with Gasteiger partial charge in [0.25, 0.3) is 5.89 Å². The molecule has 1 atom stereocenters. The number of hydrogen-bond acceptors (Lipinski definition) is 10. The minimum atomic E-state index is -3.88. The Labute approximate surface area is 211 Å². The van der Waals surface area contributed by atoms with Crippen LogP contribution in [0, 0.1) is 12.7 Å². The second kappa shape index (κ2) is 8.57. The molecule has 1 fully saturated rings. The molecular weight excluding hydrogens is 508 g/mol. The largest absolute Gasteiger partial charge is 0.466 e. The highest BCUT2D eigenvalue weighted by atomic mass is 32.2. The number of rotatable bonds is 6. The van der Waals surface area contributed by atoms with Crippen LogP contribution in [0.2, 0.25) is 0 Å². The summed E-state index contributed by atoms with van der Waals surface area (Å²) in [6, 6.07) is 3.90. The van der Waals surface area contributed by atoms with Crippen LogP contribution in [0.5, 0.6) is 5.88 Å². The minimum Gasteiger partial charge on any atom is -0.466 e. The SMILES string of the molecule is Cc1noc(COc2cnc(C(F)=Cc3ccc(F)c(C4(C)N=C(N)N(C)S(=O)(=O)C45CC5)c3)cn2)n1. The maximum absolute atomic E-state index is 15.1. The van der Waals surface area contributed by atoms with Crippen molar-refractivity contribution in [2.24, 2.45) is 10.7 Å². The molecule has 0 bridgehead atoms. The lowest BCUT2D eigenvalue weighted by atomic mass is 9.85. The molecule has 3 aromatic rings. The third-order valence-electron chi connectivity index (χ3n) is 6.70. The van der Waals surface area contributed by atoms with E-state index in [1.165, 1.54) is 31.6 Å². The molecule has 3 heterocycles. The summed E-state index contributed by atoms with van der Waals surface area (Å²) in [5.74, 6) is -0.803. The quantitative estimate of drug-likeness (QED) is 0.506. The van der Waals surface area contributed by atoms with Crippen LogP contribution in [0.25, 0.3) is 11.9 Å². The van der Waals surface area contributed by atoms with Crippen molar-refractivity contribution in [1.29, 1.82) is 0 Å². The van der Waals surface area contributed by atoms with E-state index in [1.807, 2.05) is 0 Å². The molecule has 194 valence electrons. The molecule has 0 radical (unpaired) electrons. The topological polar surface area (TPSA) is 150 Å². The molecule has 0 amide bonds. The smallest absolute Gasteiger partial charge is 0.264 e. The zero-order valence-corrected chi connectivity index (χ0v) is 21.0. The van der Waals surface area contributed by atoms with Crippen LogP contribution >= 0.6 is 0 Å². The predicted octanol–water partition coefficient (Wildman–Crippen LogP) is 2.69. The molecular formula is C23H23F2N7O4S. The van der Waals surface area contributed by atoms with Crippen LogP contribution in [0.1, 0.15) is 48.3 Å². The predicted molar refractivity (Wildman–Crippen MR) is 128 cm³/mol. The number of guanidine groups is 1. The van der Waals surface area contributed by atoms with Crippen LogP contribution in [-0.2, 0) is 22.2 Å². The van der Waals surface area contributed by atoms with Crippen molar-refractivity contribution in [2.75, 3.05) is 7.05 Å². The number of halogens is 2. The molecule has 2 aliphatic rings. The highest BCUT2D eigenvalue weighted by molar-refractivity contribution is 7.91. The Bertz CT molecular complexity index is 1530. The lowest BCUT2D eigenvalue weighted by Crippen LogP contribution is -2.58. The molecule has 11 nitrogen and oxygen atoms in total. The van der Waals surface area contributed by atoms with Gasteiger partial charge in [0.1, 0.15) is 21.8 Å². The second-order valence-electron chi connectivity index (χ2n) is 9.00. The number of aromatic nitrogens is 4. The second-order valence-corrected chi connectivity index (χ2v) is 11.3. The number of ether oxygens (including phenoxy) is 1. The molecule has 1 spiro atoms.